The predicted molar refractivity (Wildman–Crippen MR) is 85.2 cm³/mol. The second-order valence-corrected chi connectivity index (χ2v) is 5.52. The first kappa shape index (κ1) is 14.1. The number of nitrogens with zero attached hydrogens (tertiary/aromatic N) is 1. The van der Waals surface area contributed by atoms with Crippen molar-refractivity contribution >= 4 is 17.0 Å². The Morgan fingerprint density at radius 1 is 1.11 bits per heavy atom. The van der Waals surface area contributed by atoms with Crippen molar-refractivity contribution in [3.05, 3.63) is 52.7 Å². The van der Waals surface area contributed by atoms with E-state index in [1.807, 2.05) is 0 Å². The van der Waals surface area contributed by atoms with Crippen molar-refractivity contribution in [2.75, 3.05) is 31.6 Å². The molecule has 0 radical (unpaired) electrons. The maximum atomic E-state index is 3.51. The zero-order chi connectivity index (χ0) is 13.3. The van der Waals surface area contributed by atoms with Crippen molar-refractivity contribution < 1.29 is 0 Å². The molecule has 1 heterocycles. The summed E-state index contributed by atoms with van der Waals surface area (Å²) in [6.07, 6.45) is 2.31. The number of para-hydroxylation sites is 1. The molecule has 0 aliphatic carbocycles. The smallest absolute Gasteiger partial charge is 0.0363 e. The maximum Gasteiger partial charge on any atom is 0.0363 e. The highest BCUT2D eigenvalue weighted by molar-refractivity contribution is 7.07. The van der Waals surface area contributed by atoms with Gasteiger partial charge < -0.3 is 10.2 Å². The van der Waals surface area contributed by atoms with E-state index in [4.69, 9.17) is 0 Å². The molecule has 2 aromatic rings. The van der Waals surface area contributed by atoms with Gasteiger partial charge in [-0.05, 0) is 60.5 Å². The molecule has 0 saturated carbocycles. The van der Waals surface area contributed by atoms with Gasteiger partial charge in [-0.25, -0.2) is 0 Å². The minimum absolute atomic E-state index is 1.08. The van der Waals surface area contributed by atoms with Crippen LogP contribution in [0.4, 0.5) is 5.69 Å². The van der Waals surface area contributed by atoms with Gasteiger partial charge >= 0.3 is 0 Å². The third-order valence-electron chi connectivity index (χ3n) is 3.21. The van der Waals surface area contributed by atoms with Crippen LogP contribution in [0.25, 0.3) is 0 Å². The Balaban J connectivity index is 1.54. The van der Waals surface area contributed by atoms with Crippen LogP contribution in [0.1, 0.15) is 12.0 Å². The van der Waals surface area contributed by atoms with Gasteiger partial charge in [0.15, 0.2) is 0 Å². The molecule has 0 atom stereocenters. The number of rotatable bonds is 8. The average molecular weight is 274 g/mol. The molecule has 0 aliphatic rings. The van der Waals surface area contributed by atoms with Gasteiger partial charge in [-0.15, -0.1) is 0 Å². The summed E-state index contributed by atoms with van der Waals surface area (Å²) in [4.78, 5) is 2.31. The Morgan fingerprint density at radius 3 is 2.68 bits per heavy atom. The van der Waals surface area contributed by atoms with E-state index in [2.05, 4.69) is 64.4 Å². The number of nitrogens with one attached hydrogen (secondary N) is 1. The van der Waals surface area contributed by atoms with Crippen LogP contribution < -0.4 is 10.2 Å². The summed E-state index contributed by atoms with van der Waals surface area (Å²) < 4.78 is 0. The minimum atomic E-state index is 1.08. The molecule has 0 amide bonds. The Morgan fingerprint density at radius 2 is 1.95 bits per heavy atom. The van der Waals surface area contributed by atoms with E-state index >= 15 is 0 Å². The number of benzene rings is 1. The van der Waals surface area contributed by atoms with Gasteiger partial charge in [0.2, 0.25) is 0 Å². The van der Waals surface area contributed by atoms with Crippen LogP contribution in [-0.2, 0) is 6.42 Å². The van der Waals surface area contributed by atoms with E-state index in [0.29, 0.717) is 0 Å². The van der Waals surface area contributed by atoms with Crippen molar-refractivity contribution in [1.82, 2.24) is 5.32 Å². The third kappa shape index (κ3) is 5.05. The molecule has 102 valence electrons. The van der Waals surface area contributed by atoms with Crippen LogP contribution in [0.2, 0.25) is 0 Å². The highest BCUT2D eigenvalue weighted by Crippen LogP contribution is 2.10. The van der Waals surface area contributed by atoms with E-state index in [0.717, 1.165) is 26.1 Å². The van der Waals surface area contributed by atoms with Crippen molar-refractivity contribution in [1.29, 1.82) is 0 Å². The molecule has 1 N–H and O–H groups in total. The molecule has 0 aliphatic heterocycles. The summed E-state index contributed by atoms with van der Waals surface area (Å²) in [6.45, 7) is 3.25. The minimum Gasteiger partial charge on any atom is -0.375 e. The maximum absolute atomic E-state index is 3.51. The van der Waals surface area contributed by atoms with Crippen LogP contribution >= 0.6 is 11.3 Å². The van der Waals surface area contributed by atoms with Crippen molar-refractivity contribution in [3.63, 3.8) is 0 Å². The van der Waals surface area contributed by atoms with Gasteiger partial charge in [0, 0.05) is 19.3 Å². The molecule has 2 rings (SSSR count). The van der Waals surface area contributed by atoms with Crippen LogP contribution in [0.5, 0.6) is 0 Å². The van der Waals surface area contributed by atoms with E-state index in [-0.39, 0.29) is 0 Å². The Bertz CT molecular complexity index is 439. The zero-order valence-electron chi connectivity index (χ0n) is 11.5. The first-order valence-electron chi connectivity index (χ1n) is 6.84. The fourth-order valence-corrected chi connectivity index (χ4v) is 2.75. The van der Waals surface area contributed by atoms with Gasteiger partial charge in [-0.3, -0.25) is 0 Å². The van der Waals surface area contributed by atoms with Gasteiger partial charge in [-0.1, -0.05) is 18.2 Å². The van der Waals surface area contributed by atoms with E-state index < -0.39 is 0 Å². The third-order valence-corrected chi connectivity index (χ3v) is 3.95. The number of hydrogen-bond donors (Lipinski definition) is 1. The van der Waals surface area contributed by atoms with E-state index in [1.54, 1.807) is 11.3 Å². The molecular formula is C16H22N2S. The summed E-state index contributed by atoms with van der Waals surface area (Å²) in [5, 5.41) is 7.88. The van der Waals surface area contributed by atoms with Crippen LogP contribution in [-0.4, -0.2) is 26.7 Å². The van der Waals surface area contributed by atoms with Crippen molar-refractivity contribution in [3.8, 4) is 0 Å². The van der Waals surface area contributed by atoms with E-state index in [1.165, 1.54) is 17.7 Å². The van der Waals surface area contributed by atoms with Gasteiger partial charge in [-0.2, -0.15) is 11.3 Å². The highest BCUT2D eigenvalue weighted by Gasteiger charge is 1.99. The Labute approximate surface area is 120 Å². The molecule has 0 bridgehead atoms. The Hall–Kier alpha value is -1.32. The van der Waals surface area contributed by atoms with E-state index in [9.17, 15) is 0 Å². The molecule has 19 heavy (non-hydrogen) atoms. The molecule has 1 aromatic heterocycles. The quantitative estimate of drug-likeness (QED) is 0.742. The number of anilines is 1. The topological polar surface area (TPSA) is 15.3 Å². The molecule has 3 heteroatoms. The highest BCUT2D eigenvalue weighted by atomic mass is 32.1. The molecule has 0 saturated heterocycles. The van der Waals surface area contributed by atoms with Crippen molar-refractivity contribution in [2.24, 2.45) is 0 Å². The second kappa shape index (κ2) is 7.97. The molecule has 0 unspecified atom stereocenters. The zero-order valence-corrected chi connectivity index (χ0v) is 12.3. The molecular weight excluding hydrogens is 252 g/mol. The summed E-state index contributed by atoms with van der Waals surface area (Å²) in [5.74, 6) is 0. The monoisotopic (exact) mass is 274 g/mol. The summed E-state index contributed by atoms with van der Waals surface area (Å²) in [7, 11) is 2.15. The lowest BCUT2D eigenvalue weighted by Gasteiger charge is -2.19. The normalized spacial score (nSPS) is 10.6. The molecule has 2 nitrogen and oxygen atoms in total. The fourth-order valence-electron chi connectivity index (χ4n) is 2.05. The predicted octanol–water partition coefficient (Wildman–Crippen LogP) is 3.41. The first-order valence-corrected chi connectivity index (χ1v) is 7.78. The first-order chi connectivity index (χ1) is 9.36. The number of thiophene rings is 1. The molecule has 0 fully saturated rings. The van der Waals surface area contributed by atoms with Crippen molar-refractivity contribution in [2.45, 2.75) is 12.8 Å². The molecule has 1 aromatic carbocycles. The largest absolute Gasteiger partial charge is 0.375 e. The summed E-state index contributed by atoms with van der Waals surface area (Å²) in [6, 6.07) is 12.8. The Kier molecular flexibility index (Phi) is 5.92. The lowest BCUT2D eigenvalue weighted by atomic mass is 10.2. The van der Waals surface area contributed by atoms with Crippen LogP contribution in [0.3, 0.4) is 0 Å². The standard InChI is InChI=1S/C16H22N2S/c1-18(16-6-3-2-4-7-16)12-5-10-17-11-8-15-9-13-19-14-15/h2-4,6-7,9,13-14,17H,5,8,10-12H2,1H3. The SMILES string of the molecule is CN(CCCNCCc1ccsc1)c1ccccc1. The summed E-state index contributed by atoms with van der Waals surface area (Å²) in [5.41, 5.74) is 2.74. The lowest BCUT2D eigenvalue weighted by molar-refractivity contribution is 0.645. The average Bonchev–Trinajstić information content (AvgIpc) is 2.96. The summed E-state index contributed by atoms with van der Waals surface area (Å²) >= 11 is 1.77. The lowest BCUT2D eigenvalue weighted by Crippen LogP contribution is -2.24. The van der Waals surface area contributed by atoms with Crippen LogP contribution in [0.15, 0.2) is 47.2 Å². The number of hydrogen-bond acceptors (Lipinski definition) is 3. The fraction of sp³-hybridized carbons (Fsp3) is 0.375. The van der Waals surface area contributed by atoms with Crippen LogP contribution in [0, 0.1) is 0 Å². The van der Waals surface area contributed by atoms with Gasteiger partial charge in [0.1, 0.15) is 0 Å². The second-order valence-electron chi connectivity index (χ2n) is 4.74. The molecule has 0 spiro atoms. The van der Waals surface area contributed by atoms with Gasteiger partial charge in [0.05, 0.1) is 0 Å². The van der Waals surface area contributed by atoms with Gasteiger partial charge in [0.25, 0.3) is 0 Å².